The number of allylic oxidation sites excluding steroid dienone is 1. The van der Waals surface area contributed by atoms with E-state index < -0.39 is 41.7 Å². The van der Waals surface area contributed by atoms with Crippen molar-refractivity contribution >= 4 is 0 Å². The zero-order valence-electron chi connectivity index (χ0n) is 9.69. The molecule has 0 aromatic heterocycles. The lowest BCUT2D eigenvalue weighted by atomic mass is 9.65. The van der Waals surface area contributed by atoms with Crippen molar-refractivity contribution in [2.24, 2.45) is 16.9 Å². The van der Waals surface area contributed by atoms with Crippen LogP contribution < -0.4 is 11.5 Å². The van der Waals surface area contributed by atoms with Crippen molar-refractivity contribution in [2.75, 3.05) is 19.8 Å². The van der Waals surface area contributed by atoms with Crippen LogP contribution in [0, 0.1) is 15.5 Å². The molecular weight excluding hydrogens is 242 g/mol. The number of rotatable bonds is 5. The van der Waals surface area contributed by atoms with Gasteiger partial charge in [-0.3, -0.25) is 10.1 Å². The second kappa shape index (κ2) is 5.12. The number of hydrogen-bond donors (Lipinski definition) is 5. The third-order valence-electron chi connectivity index (χ3n) is 3.47. The lowest BCUT2D eigenvalue weighted by Crippen LogP contribution is -2.68. The average molecular weight is 259 g/mol. The normalized spacial score (nSPS) is 28.1. The summed E-state index contributed by atoms with van der Waals surface area (Å²) in [6, 6.07) is -1.01. The third kappa shape index (κ3) is 2.04. The highest BCUT2D eigenvalue weighted by Crippen LogP contribution is 2.35. The average Bonchev–Trinajstić information content (AvgIpc) is 2.35. The zero-order valence-corrected chi connectivity index (χ0v) is 9.69. The van der Waals surface area contributed by atoms with Crippen LogP contribution in [0.5, 0.6) is 0 Å². The third-order valence-corrected chi connectivity index (χ3v) is 3.47. The minimum absolute atomic E-state index is 0.216. The Morgan fingerprint density at radius 2 is 1.89 bits per heavy atom. The Labute approximate surface area is 103 Å². The molecule has 0 saturated carbocycles. The fourth-order valence-electron chi connectivity index (χ4n) is 1.92. The fraction of sp³-hybridized carbons (Fsp3) is 0.600. The molecule has 7 N–H and O–H groups in total. The van der Waals surface area contributed by atoms with Gasteiger partial charge in [-0.2, -0.15) is 0 Å². The summed E-state index contributed by atoms with van der Waals surface area (Å²) in [6.07, 6.45) is 3.53. The maximum atomic E-state index is 10.6. The van der Waals surface area contributed by atoms with E-state index in [1.54, 1.807) is 0 Å². The van der Waals surface area contributed by atoms with Gasteiger partial charge in [0.15, 0.2) is 0 Å². The molecule has 1 aliphatic carbocycles. The van der Waals surface area contributed by atoms with Crippen molar-refractivity contribution < 1.29 is 20.2 Å². The molecule has 1 rings (SSSR count). The Kier molecular flexibility index (Phi) is 4.20. The molecular formula is C10H17N3O5. The van der Waals surface area contributed by atoms with E-state index in [1.807, 2.05) is 0 Å². The maximum Gasteiger partial charge on any atom is 0.266 e. The van der Waals surface area contributed by atoms with Gasteiger partial charge in [0, 0.05) is 12.2 Å². The first-order valence-corrected chi connectivity index (χ1v) is 5.29. The van der Waals surface area contributed by atoms with Crippen molar-refractivity contribution in [1.29, 1.82) is 0 Å². The first kappa shape index (κ1) is 14.7. The number of aliphatic hydroxyl groups is 3. The molecule has 0 radical (unpaired) electrons. The molecule has 8 heteroatoms. The molecule has 8 nitrogen and oxygen atoms in total. The van der Waals surface area contributed by atoms with Gasteiger partial charge in [-0.15, -0.1) is 0 Å². The Morgan fingerprint density at radius 1 is 1.39 bits per heavy atom. The summed E-state index contributed by atoms with van der Waals surface area (Å²) in [4.78, 5) is 9.99. The van der Waals surface area contributed by atoms with Crippen LogP contribution in [0.15, 0.2) is 23.9 Å². The van der Waals surface area contributed by atoms with E-state index in [0.29, 0.717) is 0 Å². The molecule has 0 aromatic carbocycles. The minimum Gasteiger partial charge on any atom is -0.396 e. The Balaban J connectivity index is 3.18. The van der Waals surface area contributed by atoms with Gasteiger partial charge in [-0.1, -0.05) is 6.08 Å². The molecule has 2 unspecified atom stereocenters. The first-order chi connectivity index (χ1) is 8.36. The van der Waals surface area contributed by atoms with E-state index in [0.717, 1.165) is 12.2 Å². The molecule has 2 atom stereocenters. The summed E-state index contributed by atoms with van der Waals surface area (Å²) < 4.78 is 0. The fourth-order valence-corrected chi connectivity index (χ4v) is 1.92. The van der Waals surface area contributed by atoms with Gasteiger partial charge >= 0.3 is 0 Å². The van der Waals surface area contributed by atoms with Crippen LogP contribution in [0.25, 0.3) is 0 Å². The number of hydrogen-bond acceptors (Lipinski definition) is 7. The quantitative estimate of drug-likeness (QED) is 0.274. The van der Waals surface area contributed by atoms with Gasteiger partial charge in [0.2, 0.25) is 0 Å². The largest absolute Gasteiger partial charge is 0.396 e. The lowest BCUT2D eigenvalue weighted by Gasteiger charge is -2.46. The Morgan fingerprint density at radius 3 is 2.22 bits per heavy atom. The van der Waals surface area contributed by atoms with E-state index in [1.165, 1.54) is 6.08 Å². The summed E-state index contributed by atoms with van der Waals surface area (Å²) in [5.74, 6) is 0. The summed E-state index contributed by atoms with van der Waals surface area (Å²) >= 11 is 0. The highest BCUT2D eigenvalue weighted by atomic mass is 16.6. The van der Waals surface area contributed by atoms with Gasteiger partial charge in [0.25, 0.3) is 5.70 Å². The van der Waals surface area contributed by atoms with E-state index in [2.05, 4.69) is 0 Å². The molecule has 0 heterocycles. The standard InChI is InChI=1S/C10H17N3O5/c11-8-3-7(13(17)18)1-2-10(8,12)9(4-14,5-15)6-16/h1-3,8,14-16H,4-6,11-12H2. The maximum absolute atomic E-state index is 10.6. The molecule has 0 fully saturated rings. The van der Waals surface area contributed by atoms with Crippen LogP contribution in [0.1, 0.15) is 0 Å². The molecule has 1 aliphatic rings. The SMILES string of the molecule is NC1C=C([N+](=O)[O-])C=CC1(N)C(CO)(CO)CO. The molecule has 0 aliphatic heterocycles. The molecule has 0 bridgehead atoms. The summed E-state index contributed by atoms with van der Waals surface area (Å²) in [5, 5.41) is 38.6. The minimum atomic E-state index is -1.47. The predicted molar refractivity (Wildman–Crippen MR) is 62.8 cm³/mol. The first-order valence-electron chi connectivity index (χ1n) is 5.29. The van der Waals surface area contributed by atoms with Gasteiger partial charge in [0.1, 0.15) is 0 Å². The van der Waals surface area contributed by atoms with Gasteiger partial charge < -0.3 is 26.8 Å². The lowest BCUT2D eigenvalue weighted by molar-refractivity contribution is -0.419. The van der Waals surface area contributed by atoms with Crippen LogP contribution in [-0.2, 0) is 0 Å². The number of nitrogens with two attached hydrogens (primary N) is 2. The van der Waals surface area contributed by atoms with Crippen LogP contribution in [0.4, 0.5) is 0 Å². The van der Waals surface area contributed by atoms with Gasteiger partial charge in [-0.25, -0.2) is 0 Å². The van der Waals surface area contributed by atoms with E-state index >= 15 is 0 Å². The Hall–Kier alpha value is -1.32. The van der Waals surface area contributed by atoms with Gasteiger partial charge in [-0.05, 0) is 0 Å². The van der Waals surface area contributed by atoms with Crippen LogP contribution in [-0.4, -0.2) is 51.6 Å². The second-order valence-electron chi connectivity index (χ2n) is 4.40. The summed E-state index contributed by atoms with van der Waals surface area (Å²) in [5.41, 5.74) is 8.64. The molecule has 18 heavy (non-hydrogen) atoms. The smallest absolute Gasteiger partial charge is 0.266 e. The summed E-state index contributed by atoms with van der Waals surface area (Å²) in [7, 11) is 0. The Bertz CT molecular complexity index is 383. The van der Waals surface area contributed by atoms with Crippen molar-refractivity contribution in [3.8, 4) is 0 Å². The van der Waals surface area contributed by atoms with E-state index in [9.17, 15) is 25.4 Å². The number of nitro groups is 1. The number of nitrogens with zero attached hydrogens (tertiary/aromatic N) is 1. The highest BCUT2D eigenvalue weighted by Gasteiger charge is 2.51. The molecule has 102 valence electrons. The number of aliphatic hydroxyl groups excluding tert-OH is 3. The molecule has 0 amide bonds. The van der Waals surface area contributed by atoms with E-state index in [4.69, 9.17) is 11.5 Å². The second-order valence-corrected chi connectivity index (χ2v) is 4.40. The van der Waals surface area contributed by atoms with Crippen molar-refractivity contribution in [1.82, 2.24) is 0 Å². The predicted octanol–water partition coefficient (Wildman–Crippen LogP) is -2.30. The molecule has 0 aromatic rings. The summed E-state index contributed by atoms with van der Waals surface area (Å²) in [6.45, 7) is -1.80. The molecule has 0 spiro atoms. The van der Waals surface area contributed by atoms with Crippen molar-refractivity contribution in [3.05, 3.63) is 34.0 Å². The zero-order chi connectivity index (χ0) is 14.0. The monoisotopic (exact) mass is 259 g/mol. The van der Waals surface area contributed by atoms with Crippen molar-refractivity contribution in [2.45, 2.75) is 11.6 Å². The van der Waals surface area contributed by atoms with Crippen LogP contribution in [0.3, 0.4) is 0 Å². The van der Waals surface area contributed by atoms with Crippen LogP contribution in [0.2, 0.25) is 0 Å². The highest BCUT2D eigenvalue weighted by molar-refractivity contribution is 5.33. The topological polar surface area (TPSA) is 156 Å². The van der Waals surface area contributed by atoms with Crippen LogP contribution >= 0.6 is 0 Å². The van der Waals surface area contributed by atoms with E-state index in [-0.39, 0.29) is 5.70 Å². The van der Waals surface area contributed by atoms with Gasteiger partial charge in [0.05, 0.1) is 41.7 Å². The van der Waals surface area contributed by atoms with Crippen molar-refractivity contribution in [3.63, 3.8) is 0 Å². The molecule has 0 saturated heterocycles.